The average molecular weight is 889 g/mol. The van der Waals surface area contributed by atoms with Crippen LogP contribution in [-0.4, -0.2) is 113 Å². The summed E-state index contributed by atoms with van der Waals surface area (Å²) in [5.74, 6) is -3.08. The summed E-state index contributed by atoms with van der Waals surface area (Å²) in [6.07, 6.45) is -1.06. The molecule has 0 unspecified atom stereocenters. The number of hydrogen-bond acceptors (Lipinski definition) is 10. The summed E-state index contributed by atoms with van der Waals surface area (Å²) in [5, 5.41) is 15.4. The Hall–Kier alpha value is -6.20. The van der Waals surface area contributed by atoms with Gasteiger partial charge >= 0.3 is 6.09 Å². The number of sulfonamides is 1. The van der Waals surface area contributed by atoms with Gasteiger partial charge in [0.05, 0.1) is 29.8 Å². The van der Waals surface area contributed by atoms with E-state index in [-0.39, 0.29) is 24.3 Å². The first-order valence-electron chi connectivity index (χ1n) is 19.8. The van der Waals surface area contributed by atoms with Crippen molar-refractivity contribution in [2.24, 2.45) is 5.92 Å². The van der Waals surface area contributed by atoms with E-state index in [9.17, 15) is 37.5 Å². The van der Waals surface area contributed by atoms with Gasteiger partial charge in [0.15, 0.2) is 0 Å². The summed E-state index contributed by atoms with van der Waals surface area (Å²) in [5.41, 5.74) is -1.04. The van der Waals surface area contributed by atoms with Crippen LogP contribution in [0.5, 0.6) is 11.5 Å². The zero-order chi connectivity index (χ0) is 45.1. The lowest BCUT2D eigenvalue weighted by Gasteiger charge is -2.41. The number of aromatic nitrogens is 1. The van der Waals surface area contributed by atoms with Crippen molar-refractivity contribution in [1.82, 2.24) is 30.1 Å². The van der Waals surface area contributed by atoms with Gasteiger partial charge in [-0.3, -0.25) is 24.1 Å². The quantitative estimate of drug-likeness (QED) is 0.0948. The molecule has 6 rings (SSSR count). The van der Waals surface area contributed by atoms with E-state index in [1.54, 1.807) is 51.1 Å². The number of hydrogen-bond donors (Lipinski definition) is 4. The van der Waals surface area contributed by atoms with Crippen molar-refractivity contribution in [3.63, 3.8) is 0 Å². The van der Waals surface area contributed by atoms with E-state index in [2.05, 4.69) is 21.9 Å². The standard InChI is InChI=1S/C44H49ClN6O10S/c1-7-28-23-44(28,41(55)49-62(58,59)31-16-12-9-13-17-31)48-39(53)35-21-30(25-50(35)40(54)36(24-46-38(52)26(2)45)51(42(56)57)43(3,4)5)61-37-22-33(27-14-10-8-11-15-27)47-34-20-29(60-6)18-19-32(34)37/h7-20,22,26,28,30,35-36H,1,21,23-25H2,2-6H3,(H,46,52)(H,48,53)(H,49,55)(H,56,57)/t26-,28+,30+,35-,36-,44+/m0/s1. The van der Waals surface area contributed by atoms with Gasteiger partial charge in [-0.1, -0.05) is 54.6 Å². The third-order valence-corrected chi connectivity index (χ3v) is 12.4. The number of nitrogens with one attached hydrogen (secondary N) is 3. The Morgan fingerprint density at radius 2 is 1.71 bits per heavy atom. The number of alkyl halides is 1. The minimum absolute atomic E-state index is 0.00971. The highest BCUT2D eigenvalue weighted by Gasteiger charge is 2.61. The average Bonchev–Trinajstić information content (AvgIpc) is 3.80. The Labute approximate surface area is 364 Å². The zero-order valence-electron chi connectivity index (χ0n) is 34.8. The normalized spacial score (nSPS) is 20.6. The van der Waals surface area contributed by atoms with Gasteiger partial charge in [0.25, 0.3) is 15.9 Å². The van der Waals surface area contributed by atoms with Crippen LogP contribution in [0.3, 0.4) is 0 Å². The second kappa shape index (κ2) is 18.0. The Kier molecular flexibility index (Phi) is 13.2. The third-order valence-electron chi connectivity index (χ3n) is 10.9. The van der Waals surface area contributed by atoms with Crippen molar-refractivity contribution in [3.8, 4) is 22.8 Å². The number of carboxylic acid groups (broad SMARTS) is 1. The molecule has 0 radical (unpaired) electrons. The maximum absolute atomic E-state index is 14.9. The van der Waals surface area contributed by atoms with Crippen LogP contribution >= 0.6 is 11.6 Å². The van der Waals surface area contributed by atoms with E-state index < -0.39 is 86.9 Å². The Morgan fingerprint density at radius 3 is 2.29 bits per heavy atom. The smallest absolute Gasteiger partial charge is 0.408 e. The molecule has 1 aromatic heterocycles. The molecule has 2 fully saturated rings. The maximum Gasteiger partial charge on any atom is 0.408 e. The lowest BCUT2D eigenvalue weighted by molar-refractivity contribution is -0.144. The second-order valence-electron chi connectivity index (χ2n) is 16.2. The molecule has 6 atom stereocenters. The van der Waals surface area contributed by atoms with E-state index in [1.807, 2.05) is 30.3 Å². The van der Waals surface area contributed by atoms with Gasteiger partial charge in [-0.2, -0.15) is 0 Å². The summed E-state index contributed by atoms with van der Waals surface area (Å²) >= 11 is 6.02. The molecule has 0 spiro atoms. The Morgan fingerprint density at radius 1 is 1.05 bits per heavy atom. The van der Waals surface area contributed by atoms with E-state index in [0.29, 0.717) is 28.1 Å². The van der Waals surface area contributed by atoms with Crippen LogP contribution in [0, 0.1) is 5.92 Å². The van der Waals surface area contributed by atoms with Crippen LogP contribution in [0.2, 0.25) is 0 Å². The van der Waals surface area contributed by atoms with Crippen molar-refractivity contribution in [2.75, 3.05) is 20.2 Å². The molecule has 4 aromatic rings. The first-order valence-corrected chi connectivity index (χ1v) is 21.7. The SMILES string of the molecule is C=C[C@@H]1C[C@]1(NC(=O)[C@@H]1C[C@@H](Oc2cc(-c3ccccc3)nc3cc(OC)ccc23)CN1C(=O)[C@H](CNC(=O)[C@H](C)Cl)N(C(=O)O)C(C)(C)C)C(=O)NS(=O)(=O)c1ccccc1. The molecule has 1 aliphatic heterocycles. The van der Waals surface area contributed by atoms with E-state index in [4.69, 9.17) is 26.1 Å². The first-order chi connectivity index (χ1) is 29.3. The molecule has 4 N–H and O–H groups in total. The second-order valence-corrected chi connectivity index (χ2v) is 18.5. The number of halogens is 1. The fourth-order valence-electron chi connectivity index (χ4n) is 7.63. The van der Waals surface area contributed by atoms with Gasteiger partial charge in [0.1, 0.15) is 40.6 Å². The van der Waals surface area contributed by atoms with Gasteiger partial charge < -0.3 is 30.1 Å². The van der Waals surface area contributed by atoms with E-state index >= 15 is 0 Å². The van der Waals surface area contributed by atoms with Crippen LogP contribution in [0.25, 0.3) is 22.2 Å². The third kappa shape index (κ3) is 9.63. The van der Waals surface area contributed by atoms with Gasteiger partial charge in [-0.25, -0.2) is 22.9 Å². The Balaban J connectivity index is 1.39. The molecular weight excluding hydrogens is 840 g/mol. The van der Waals surface area contributed by atoms with E-state index in [0.717, 1.165) is 10.5 Å². The van der Waals surface area contributed by atoms with Gasteiger partial charge in [-0.05, 0) is 58.4 Å². The lowest BCUT2D eigenvalue weighted by Crippen LogP contribution is -2.63. The number of ether oxygens (including phenoxy) is 2. The van der Waals surface area contributed by atoms with Crippen molar-refractivity contribution in [2.45, 2.75) is 80.1 Å². The van der Waals surface area contributed by atoms with Crippen LogP contribution < -0.4 is 24.8 Å². The fourth-order valence-corrected chi connectivity index (χ4v) is 8.76. The van der Waals surface area contributed by atoms with Crippen molar-refractivity contribution in [1.29, 1.82) is 0 Å². The Bertz CT molecular complexity index is 2480. The highest BCUT2D eigenvalue weighted by atomic mass is 35.5. The maximum atomic E-state index is 14.9. The summed E-state index contributed by atoms with van der Waals surface area (Å²) in [4.78, 5) is 75.8. The number of benzene rings is 3. The fraction of sp³-hybridized carbons (Fsp3) is 0.364. The number of methoxy groups -OCH3 is 1. The number of amides is 5. The number of likely N-dealkylation sites (tertiary alicyclic amines) is 1. The van der Waals surface area contributed by atoms with E-state index in [1.165, 1.54) is 49.3 Å². The van der Waals surface area contributed by atoms with Gasteiger partial charge in [0, 0.05) is 47.5 Å². The number of fused-ring (bicyclic) bond motifs is 1. The molecular formula is C44H49ClN6O10S. The first kappa shape index (κ1) is 45.3. The molecule has 62 heavy (non-hydrogen) atoms. The lowest BCUT2D eigenvalue weighted by atomic mass is 10.0. The molecule has 2 aliphatic rings. The summed E-state index contributed by atoms with van der Waals surface area (Å²) in [6, 6.07) is 20.7. The zero-order valence-corrected chi connectivity index (χ0v) is 36.4. The summed E-state index contributed by atoms with van der Waals surface area (Å²) in [6.45, 7) is 9.20. The summed E-state index contributed by atoms with van der Waals surface area (Å²) < 4.78 is 40.7. The van der Waals surface area contributed by atoms with Crippen molar-refractivity contribution in [3.05, 3.63) is 97.6 Å². The van der Waals surface area contributed by atoms with Crippen molar-refractivity contribution >= 4 is 62.2 Å². The van der Waals surface area contributed by atoms with Crippen LogP contribution in [0.1, 0.15) is 40.5 Å². The van der Waals surface area contributed by atoms with Crippen LogP contribution in [0.4, 0.5) is 4.79 Å². The largest absolute Gasteiger partial charge is 0.497 e. The van der Waals surface area contributed by atoms with Crippen molar-refractivity contribution < 1.29 is 47.0 Å². The summed E-state index contributed by atoms with van der Waals surface area (Å²) in [7, 11) is -2.82. The predicted octanol–water partition coefficient (Wildman–Crippen LogP) is 4.72. The number of rotatable bonds is 15. The molecule has 18 heteroatoms. The molecule has 1 aliphatic carbocycles. The highest BCUT2D eigenvalue weighted by molar-refractivity contribution is 7.90. The van der Waals surface area contributed by atoms with Crippen LogP contribution in [0.15, 0.2) is 102 Å². The minimum atomic E-state index is -4.35. The molecule has 5 amide bonds. The molecule has 0 bridgehead atoms. The topological polar surface area (TPSA) is 214 Å². The molecule has 328 valence electrons. The molecule has 1 saturated heterocycles. The number of pyridine rings is 1. The predicted molar refractivity (Wildman–Crippen MR) is 231 cm³/mol. The number of nitrogens with zero attached hydrogens (tertiary/aromatic N) is 3. The number of carbonyl (C=O) groups is 5. The molecule has 1 saturated carbocycles. The van der Waals surface area contributed by atoms with Gasteiger partial charge in [-0.15, -0.1) is 18.2 Å². The monoisotopic (exact) mass is 888 g/mol. The molecule has 3 aromatic carbocycles. The number of carbonyl (C=O) groups excluding carboxylic acids is 4. The minimum Gasteiger partial charge on any atom is -0.497 e. The van der Waals surface area contributed by atoms with Crippen LogP contribution in [-0.2, 0) is 29.2 Å². The molecule has 2 heterocycles. The highest BCUT2D eigenvalue weighted by Crippen LogP contribution is 2.45. The molecule has 16 nitrogen and oxygen atoms in total. The van der Waals surface area contributed by atoms with Gasteiger partial charge in [0.2, 0.25) is 17.7 Å².